The van der Waals surface area contributed by atoms with Gasteiger partial charge in [0.25, 0.3) is 5.91 Å². The Labute approximate surface area is 162 Å². The summed E-state index contributed by atoms with van der Waals surface area (Å²) in [5.41, 5.74) is 1.51. The van der Waals surface area contributed by atoms with E-state index in [1.54, 1.807) is 23.4 Å². The molecule has 0 saturated carbocycles. The SMILES string of the molecule is CN(C(=O)c1cnn(C)c1)C1CCN(c2ncnc3ccc(Cl)cc23)CC1. The largest absolute Gasteiger partial charge is 0.356 e. The van der Waals surface area contributed by atoms with Crippen molar-refractivity contribution >= 4 is 34.2 Å². The first kappa shape index (κ1) is 17.7. The van der Waals surface area contributed by atoms with Gasteiger partial charge >= 0.3 is 0 Å². The van der Waals surface area contributed by atoms with Gasteiger partial charge in [-0.05, 0) is 31.0 Å². The van der Waals surface area contributed by atoms with Crippen molar-refractivity contribution in [3.8, 4) is 0 Å². The van der Waals surface area contributed by atoms with Crippen molar-refractivity contribution in [2.24, 2.45) is 7.05 Å². The summed E-state index contributed by atoms with van der Waals surface area (Å²) in [7, 11) is 3.68. The lowest BCUT2D eigenvalue weighted by Crippen LogP contribution is -2.45. The summed E-state index contributed by atoms with van der Waals surface area (Å²) >= 11 is 6.16. The molecule has 2 aromatic heterocycles. The quantitative estimate of drug-likeness (QED) is 0.694. The van der Waals surface area contributed by atoms with Gasteiger partial charge in [-0.3, -0.25) is 9.48 Å². The average Bonchev–Trinajstić information content (AvgIpc) is 3.13. The number of carbonyl (C=O) groups is 1. The number of anilines is 1. The Balaban J connectivity index is 1.48. The van der Waals surface area contributed by atoms with Crippen LogP contribution in [0.4, 0.5) is 5.82 Å². The third-order valence-electron chi connectivity index (χ3n) is 5.16. The van der Waals surface area contributed by atoms with E-state index in [0.717, 1.165) is 42.7 Å². The standard InChI is InChI=1S/C19H21ClN6O/c1-24-11-13(10-23-24)19(27)25(2)15-5-7-26(8-6-15)18-16-9-14(20)3-4-17(16)21-12-22-18/h3-4,9-12,15H,5-8H2,1-2H3. The molecule has 0 unspecified atom stereocenters. The molecule has 8 heteroatoms. The number of benzene rings is 1. The van der Waals surface area contributed by atoms with E-state index in [1.807, 2.05) is 37.2 Å². The van der Waals surface area contributed by atoms with E-state index < -0.39 is 0 Å². The van der Waals surface area contributed by atoms with Gasteiger partial charge in [0.15, 0.2) is 0 Å². The Morgan fingerprint density at radius 3 is 2.74 bits per heavy atom. The molecule has 0 spiro atoms. The van der Waals surface area contributed by atoms with Gasteiger partial charge in [-0.25, -0.2) is 9.97 Å². The van der Waals surface area contributed by atoms with Gasteiger partial charge in [0.1, 0.15) is 12.1 Å². The number of nitrogens with zero attached hydrogens (tertiary/aromatic N) is 6. The lowest BCUT2D eigenvalue weighted by atomic mass is 10.0. The molecule has 3 heterocycles. The minimum absolute atomic E-state index is 0.0146. The molecule has 3 aromatic rings. The maximum absolute atomic E-state index is 12.6. The van der Waals surface area contributed by atoms with Crippen molar-refractivity contribution in [2.45, 2.75) is 18.9 Å². The zero-order chi connectivity index (χ0) is 19.0. The van der Waals surface area contributed by atoms with Crippen LogP contribution in [-0.2, 0) is 7.05 Å². The van der Waals surface area contributed by atoms with Gasteiger partial charge in [-0.2, -0.15) is 5.10 Å². The van der Waals surface area contributed by atoms with Crippen molar-refractivity contribution in [1.82, 2.24) is 24.6 Å². The van der Waals surface area contributed by atoms with E-state index in [-0.39, 0.29) is 11.9 Å². The molecule has 0 radical (unpaired) electrons. The zero-order valence-electron chi connectivity index (χ0n) is 15.3. The van der Waals surface area contributed by atoms with Crippen LogP contribution in [0.5, 0.6) is 0 Å². The summed E-state index contributed by atoms with van der Waals surface area (Å²) in [6.07, 6.45) is 6.73. The molecular weight excluding hydrogens is 364 g/mol. The molecule has 1 saturated heterocycles. The molecule has 4 rings (SSSR count). The van der Waals surface area contributed by atoms with Crippen molar-refractivity contribution in [2.75, 3.05) is 25.0 Å². The van der Waals surface area contributed by atoms with E-state index in [9.17, 15) is 4.79 Å². The first-order chi connectivity index (χ1) is 13.0. The van der Waals surface area contributed by atoms with Crippen molar-refractivity contribution < 1.29 is 4.79 Å². The number of carbonyl (C=O) groups excluding carboxylic acids is 1. The second-order valence-corrected chi connectivity index (χ2v) is 7.33. The number of aryl methyl sites for hydroxylation is 1. The Morgan fingerprint density at radius 1 is 1.26 bits per heavy atom. The lowest BCUT2D eigenvalue weighted by molar-refractivity contribution is 0.0709. The van der Waals surface area contributed by atoms with Gasteiger partial charge in [0.05, 0.1) is 17.3 Å². The molecule has 1 aliphatic rings. The second-order valence-electron chi connectivity index (χ2n) is 6.90. The summed E-state index contributed by atoms with van der Waals surface area (Å²) in [5.74, 6) is 0.919. The van der Waals surface area contributed by atoms with Gasteiger partial charge in [-0.15, -0.1) is 0 Å². The molecule has 0 bridgehead atoms. The zero-order valence-corrected chi connectivity index (χ0v) is 16.1. The minimum Gasteiger partial charge on any atom is -0.356 e. The van der Waals surface area contributed by atoms with Crippen molar-refractivity contribution in [1.29, 1.82) is 0 Å². The fourth-order valence-corrected chi connectivity index (χ4v) is 3.81. The number of rotatable bonds is 3. The lowest BCUT2D eigenvalue weighted by Gasteiger charge is -2.37. The average molecular weight is 385 g/mol. The number of fused-ring (bicyclic) bond motifs is 1. The molecule has 140 valence electrons. The number of hydrogen-bond donors (Lipinski definition) is 0. The second kappa shape index (κ2) is 7.15. The van der Waals surface area contributed by atoms with Crippen LogP contribution >= 0.6 is 11.6 Å². The summed E-state index contributed by atoms with van der Waals surface area (Å²) in [4.78, 5) is 25.5. The normalized spacial score (nSPS) is 15.3. The number of amides is 1. The number of piperidine rings is 1. The van der Waals surface area contributed by atoms with Crippen LogP contribution in [0.25, 0.3) is 10.9 Å². The van der Waals surface area contributed by atoms with Crippen LogP contribution in [-0.4, -0.2) is 56.7 Å². The topological polar surface area (TPSA) is 67.2 Å². The summed E-state index contributed by atoms with van der Waals surface area (Å²) in [6.45, 7) is 1.65. The fraction of sp³-hybridized carbons (Fsp3) is 0.368. The Morgan fingerprint density at radius 2 is 2.04 bits per heavy atom. The van der Waals surface area contributed by atoms with Gasteiger partial charge < -0.3 is 9.80 Å². The summed E-state index contributed by atoms with van der Waals surface area (Å²) < 4.78 is 1.65. The first-order valence-electron chi connectivity index (χ1n) is 8.94. The Hall–Kier alpha value is -2.67. The Bertz CT molecular complexity index is 979. The van der Waals surface area contributed by atoms with Gasteiger partial charge in [0.2, 0.25) is 0 Å². The summed E-state index contributed by atoms with van der Waals surface area (Å²) in [6, 6.07) is 5.86. The van der Waals surface area contributed by atoms with Crippen LogP contribution in [0.2, 0.25) is 5.02 Å². The molecular formula is C19H21ClN6O. The van der Waals surface area contributed by atoms with E-state index in [4.69, 9.17) is 11.6 Å². The Kier molecular flexibility index (Phi) is 4.70. The van der Waals surface area contributed by atoms with Crippen LogP contribution < -0.4 is 4.90 Å². The molecule has 1 aromatic carbocycles. The number of aromatic nitrogens is 4. The highest BCUT2D eigenvalue weighted by molar-refractivity contribution is 6.31. The maximum atomic E-state index is 12.6. The van der Waals surface area contributed by atoms with Crippen LogP contribution in [0.15, 0.2) is 36.9 Å². The maximum Gasteiger partial charge on any atom is 0.257 e. The van der Waals surface area contributed by atoms with E-state index >= 15 is 0 Å². The number of hydrogen-bond acceptors (Lipinski definition) is 5. The molecule has 0 aliphatic carbocycles. The van der Waals surface area contributed by atoms with Crippen LogP contribution in [0.1, 0.15) is 23.2 Å². The van der Waals surface area contributed by atoms with Gasteiger partial charge in [-0.1, -0.05) is 11.6 Å². The molecule has 1 amide bonds. The molecule has 1 aliphatic heterocycles. The smallest absolute Gasteiger partial charge is 0.257 e. The molecule has 1 fully saturated rings. The van der Waals surface area contributed by atoms with Crippen LogP contribution in [0, 0.1) is 0 Å². The van der Waals surface area contributed by atoms with Gasteiger partial charge in [0, 0.05) is 49.8 Å². The predicted octanol–water partition coefficient (Wildman–Crippen LogP) is 2.76. The predicted molar refractivity (Wildman–Crippen MR) is 105 cm³/mol. The third-order valence-corrected chi connectivity index (χ3v) is 5.40. The monoisotopic (exact) mass is 384 g/mol. The summed E-state index contributed by atoms with van der Waals surface area (Å²) in [5, 5.41) is 5.73. The number of halogens is 1. The van der Waals surface area contributed by atoms with E-state index in [1.165, 1.54) is 0 Å². The molecule has 0 N–H and O–H groups in total. The highest BCUT2D eigenvalue weighted by atomic mass is 35.5. The fourth-order valence-electron chi connectivity index (χ4n) is 3.63. The highest BCUT2D eigenvalue weighted by Crippen LogP contribution is 2.28. The molecule has 7 nitrogen and oxygen atoms in total. The third kappa shape index (κ3) is 3.47. The van der Waals surface area contributed by atoms with Crippen LogP contribution in [0.3, 0.4) is 0 Å². The van der Waals surface area contributed by atoms with E-state index in [2.05, 4.69) is 20.0 Å². The van der Waals surface area contributed by atoms with Crippen molar-refractivity contribution in [3.05, 3.63) is 47.5 Å². The minimum atomic E-state index is 0.0146. The molecule has 0 atom stereocenters. The first-order valence-corrected chi connectivity index (χ1v) is 9.32. The molecule has 27 heavy (non-hydrogen) atoms. The van der Waals surface area contributed by atoms with Crippen molar-refractivity contribution in [3.63, 3.8) is 0 Å². The van der Waals surface area contributed by atoms with E-state index in [0.29, 0.717) is 10.6 Å². The highest BCUT2D eigenvalue weighted by Gasteiger charge is 2.27.